The average Bonchev–Trinajstić information content (AvgIpc) is 2.80. The van der Waals surface area contributed by atoms with Crippen LogP contribution in [0.4, 0.5) is 4.39 Å². The van der Waals surface area contributed by atoms with Crippen molar-refractivity contribution in [1.82, 2.24) is 10.2 Å². The molecule has 106 valence electrons. The number of hydrogen-bond donors (Lipinski definition) is 1. The molecule has 1 unspecified atom stereocenters. The Hall–Kier alpha value is -0.640. The van der Waals surface area contributed by atoms with E-state index in [-0.39, 0.29) is 10.8 Å². The van der Waals surface area contributed by atoms with Crippen molar-refractivity contribution in [2.45, 2.75) is 45.3 Å². The highest BCUT2D eigenvalue weighted by Crippen LogP contribution is 2.23. The lowest BCUT2D eigenvalue weighted by Crippen LogP contribution is -2.39. The average molecular weight is 285 g/mol. The smallest absolute Gasteiger partial charge is 0.146 e. The summed E-state index contributed by atoms with van der Waals surface area (Å²) >= 11 is 5.83. The van der Waals surface area contributed by atoms with Crippen LogP contribution in [0.2, 0.25) is 5.02 Å². The number of nitrogens with zero attached hydrogens (tertiary/aromatic N) is 1. The lowest BCUT2D eigenvalue weighted by Gasteiger charge is -2.26. The second-order valence-electron chi connectivity index (χ2n) is 5.54. The van der Waals surface area contributed by atoms with Crippen LogP contribution >= 0.6 is 11.6 Å². The third-order valence-electron chi connectivity index (χ3n) is 3.67. The van der Waals surface area contributed by atoms with Gasteiger partial charge in [-0.3, -0.25) is 4.90 Å². The molecule has 1 aromatic rings. The highest BCUT2D eigenvalue weighted by molar-refractivity contribution is 6.30. The van der Waals surface area contributed by atoms with Gasteiger partial charge in [-0.25, -0.2) is 4.39 Å². The van der Waals surface area contributed by atoms with Gasteiger partial charge in [0.15, 0.2) is 0 Å². The first kappa shape index (κ1) is 14.8. The van der Waals surface area contributed by atoms with Crippen molar-refractivity contribution in [3.8, 4) is 0 Å². The lowest BCUT2D eigenvalue weighted by atomic mass is 10.1. The Morgan fingerprint density at radius 1 is 1.47 bits per heavy atom. The topological polar surface area (TPSA) is 15.3 Å². The van der Waals surface area contributed by atoms with Crippen molar-refractivity contribution in [1.29, 1.82) is 0 Å². The Labute approximate surface area is 119 Å². The lowest BCUT2D eigenvalue weighted by molar-refractivity contribution is 0.233. The fraction of sp³-hybridized carbons (Fsp3) is 0.600. The first-order valence-electron chi connectivity index (χ1n) is 6.98. The molecule has 1 aromatic carbocycles. The van der Waals surface area contributed by atoms with Gasteiger partial charge in [-0.15, -0.1) is 0 Å². The van der Waals surface area contributed by atoms with E-state index >= 15 is 0 Å². The Bertz CT molecular complexity index is 423. The number of benzene rings is 1. The molecule has 2 nitrogen and oxygen atoms in total. The minimum Gasteiger partial charge on any atom is -0.313 e. The molecule has 0 saturated carbocycles. The van der Waals surface area contributed by atoms with E-state index in [1.54, 1.807) is 6.07 Å². The van der Waals surface area contributed by atoms with Gasteiger partial charge in [0.2, 0.25) is 0 Å². The van der Waals surface area contributed by atoms with Gasteiger partial charge in [0, 0.05) is 30.7 Å². The maximum Gasteiger partial charge on any atom is 0.146 e. The number of likely N-dealkylation sites (tertiary alicyclic amines) is 1. The van der Waals surface area contributed by atoms with Gasteiger partial charge in [0.05, 0.1) is 5.02 Å². The van der Waals surface area contributed by atoms with Crippen LogP contribution in [-0.2, 0) is 6.54 Å². The van der Waals surface area contributed by atoms with Crippen molar-refractivity contribution in [2.75, 3.05) is 13.1 Å². The monoisotopic (exact) mass is 284 g/mol. The van der Waals surface area contributed by atoms with E-state index in [1.165, 1.54) is 12.8 Å². The SMILES string of the molecule is CC(C)NCC1CCCN1Cc1cccc(Cl)c1F. The number of nitrogens with one attached hydrogen (secondary N) is 1. The van der Waals surface area contributed by atoms with Crippen molar-refractivity contribution >= 4 is 11.6 Å². The van der Waals surface area contributed by atoms with E-state index in [4.69, 9.17) is 11.6 Å². The van der Waals surface area contributed by atoms with Crippen LogP contribution in [0.5, 0.6) is 0 Å². The van der Waals surface area contributed by atoms with Gasteiger partial charge in [-0.1, -0.05) is 37.6 Å². The van der Waals surface area contributed by atoms with Gasteiger partial charge >= 0.3 is 0 Å². The van der Waals surface area contributed by atoms with E-state index in [2.05, 4.69) is 24.1 Å². The quantitative estimate of drug-likeness (QED) is 0.891. The predicted octanol–water partition coefficient (Wildman–Crippen LogP) is 3.44. The molecule has 4 heteroatoms. The molecule has 0 bridgehead atoms. The molecular formula is C15H22ClFN2. The largest absolute Gasteiger partial charge is 0.313 e. The molecule has 2 rings (SSSR count). The van der Waals surface area contributed by atoms with Crippen LogP contribution in [0, 0.1) is 5.82 Å². The van der Waals surface area contributed by atoms with E-state index in [9.17, 15) is 4.39 Å². The van der Waals surface area contributed by atoms with Gasteiger partial charge in [-0.2, -0.15) is 0 Å². The van der Waals surface area contributed by atoms with Crippen molar-refractivity contribution in [3.63, 3.8) is 0 Å². The minimum absolute atomic E-state index is 0.216. The third-order valence-corrected chi connectivity index (χ3v) is 3.96. The van der Waals surface area contributed by atoms with Crippen LogP contribution in [0.25, 0.3) is 0 Å². The van der Waals surface area contributed by atoms with Gasteiger partial charge < -0.3 is 5.32 Å². The van der Waals surface area contributed by atoms with E-state index < -0.39 is 0 Å². The molecule has 1 heterocycles. The summed E-state index contributed by atoms with van der Waals surface area (Å²) in [6, 6.07) is 6.23. The third kappa shape index (κ3) is 3.91. The van der Waals surface area contributed by atoms with Crippen LogP contribution in [0.1, 0.15) is 32.3 Å². The molecule has 1 saturated heterocycles. The second kappa shape index (κ2) is 6.69. The molecule has 1 fully saturated rings. The van der Waals surface area contributed by atoms with E-state index in [0.29, 0.717) is 24.2 Å². The molecular weight excluding hydrogens is 263 g/mol. The van der Waals surface area contributed by atoms with Crippen LogP contribution in [0.15, 0.2) is 18.2 Å². The molecule has 1 N–H and O–H groups in total. The van der Waals surface area contributed by atoms with Gasteiger partial charge in [-0.05, 0) is 25.5 Å². The number of rotatable bonds is 5. The number of hydrogen-bond acceptors (Lipinski definition) is 2. The van der Waals surface area contributed by atoms with Crippen molar-refractivity contribution in [2.24, 2.45) is 0 Å². The van der Waals surface area contributed by atoms with Gasteiger partial charge in [0.1, 0.15) is 5.82 Å². The number of halogens is 2. The van der Waals surface area contributed by atoms with Crippen LogP contribution < -0.4 is 5.32 Å². The highest BCUT2D eigenvalue weighted by Gasteiger charge is 2.25. The van der Waals surface area contributed by atoms with E-state index in [1.807, 2.05) is 12.1 Å². The zero-order valence-electron chi connectivity index (χ0n) is 11.6. The first-order valence-corrected chi connectivity index (χ1v) is 7.36. The molecule has 0 aromatic heterocycles. The fourth-order valence-electron chi connectivity index (χ4n) is 2.60. The highest BCUT2D eigenvalue weighted by atomic mass is 35.5. The summed E-state index contributed by atoms with van der Waals surface area (Å²) in [7, 11) is 0. The molecule has 19 heavy (non-hydrogen) atoms. The molecule has 0 aliphatic carbocycles. The molecule has 1 aliphatic heterocycles. The van der Waals surface area contributed by atoms with Crippen LogP contribution in [0.3, 0.4) is 0 Å². The van der Waals surface area contributed by atoms with Crippen molar-refractivity contribution < 1.29 is 4.39 Å². The zero-order chi connectivity index (χ0) is 13.8. The fourth-order valence-corrected chi connectivity index (χ4v) is 2.79. The summed E-state index contributed by atoms with van der Waals surface area (Å²) in [6.45, 7) is 6.96. The summed E-state index contributed by atoms with van der Waals surface area (Å²) in [5, 5.41) is 3.68. The summed E-state index contributed by atoms with van der Waals surface area (Å²) in [6.07, 6.45) is 2.37. The van der Waals surface area contributed by atoms with Crippen LogP contribution in [-0.4, -0.2) is 30.1 Å². The van der Waals surface area contributed by atoms with E-state index in [0.717, 1.165) is 13.1 Å². The maximum absolute atomic E-state index is 13.9. The Morgan fingerprint density at radius 2 is 2.26 bits per heavy atom. The predicted molar refractivity (Wildman–Crippen MR) is 78.0 cm³/mol. The summed E-state index contributed by atoms with van der Waals surface area (Å²) < 4.78 is 13.9. The Morgan fingerprint density at radius 3 is 3.00 bits per heavy atom. The van der Waals surface area contributed by atoms with Gasteiger partial charge in [0.25, 0.3) is 0 Å². The first-order chi connectivity index (χ1) is 9.08. The molecule has 0 radical (unpaired) electrons. The van der Waals surface area contributed by atoms with Crippen molar-refractivity contribution in [3.05, 3.63) is 34.6 Å². The zero-order valence-corrected chi connectivity index (χ0v) is 12.4. The second-order valence-corrected chi connectivity index (χ2v) is 5.95. The minimum atomic E-state index is -0.272. The standard InChI is InChI=1S/C15H22ClFN2/c1-11(2)18-9-13-6-4-8-19(13)10-12-5-3-7-14(16)15(12)17/h3,5,7,11,13,18H,4,6,8-10H2,1-2H3. The Kier molecular flexibility index (Phi) is 5.20. The summed E-state index contributed by atoms with van der Waals surface area (Å²) in [5.41, 5.74) is 0.698. The molecule has 1 atom stereocenters. The normalized spacial score (nSPS) is 20.4. The Balaban J connectivity index is 1.99. The maximum atomic E-state index is 13.9. The molecule has 1 aliphatic rings. The summed E-state index contributed by atoms with van der Waals surface area (Å²) in [5.74, 6) is -0.272. The molecule has 0 spiro atoms. The molecule has 0 amide bonds. The summed E-state index contributed by atoms with van der Waals surface area (Å²) in [4.78, 5) is 2.35.